The van der Waals surface area contributed by atoms with Gasteiger partial charge >= 0.3 is 0 Å². The fourth-order valence-corrected chi connectivity index (χ4v) is 3.52. The maximum Gasteiger partial charge on any atom is 0.202 e. The number of hydrogen-bond acceptors (Lipinski definition) is 4. The lowest BCUT2D eigenvalue weighted by Crippen LogP contribution is -2.10. The van der Waals surface area contributed by atoms with Gasteiger partial charge < -0.3 is 14.3 Å². The summed E-state index contributed by atoms with van der Waals surface area (Å²) >= 11 is 6.00. The van der Waals surface area contributed by atoms with Crippen LogP contribution < -0.4 is 10.2 Å². The van der Waals surface area contributed by atoms with E-state index in [-0.39, 0.29) is 28.4 Å². The van der Waals surface area contributed by atoms with Crippen molar-refractivity contribution >= 4 is 22.6 Å². The van der Waals surface area contributed by atoms with Crippen molar-refractivity contribution in [3.63, 3.8) is 0 Å². The van der Waals surface area contributed by atoms with E-state index in [2.05, 4.69) is 0 Å². The molecule has 0 spiro atoms. The zero-order valence-corrected chi connectivity index (χ0v) is 17.4. The van der Waals surface area contributed by atoms with E-state index in [1.807, 2.05) is 44.2 Å². The minimum absolute atomic E-state index is 0.0685. The van der Waals surface area contributed by atoms with Crippen molar-refractivity contribution in [1.82, 2.24) is 0 Å². The lowest BCUT2D eigenvalue weighted by atomic mass is 9.97. The highest BCUT2D eigenvalue weighted by atomic mass is 35.5. The summed E-state index contributed by atoms with van der Waals surface area (Å²) < 4.78 is 11.9. The van der Waals surface area contributed by atoms with E-state index in [1.165, 1.54) is 0 Å². The molecule has 0 bridgehead atoms. The van der Waals surface area contributed by atoms with E-state index in [0.717, 1.165) is 11.1 Å². The fraction of sp³-hybridized carbons (Fsp3) is 0.160. The summed E-state index contributed by atoms with van der Waals surface area (Å²) in [6.07, 6.45) is 0. The van der Waals surface area contributed by atoms with Crippen LogP contribution in [0.3, 0.4) is 0 Å². The largest absolute Gasteiger partial charge is 0.502 e. The SMILES string of the molecule is CC(C)c1oc2c(O)c(OCc3ccccc3)ccc2c(=O)c1-c1ccc(Cl)cc1. The third-order valence-corrected chi connectivity index (χ3v) is 5.17. The molecule has 5 heteroatoms. The highest BCUT2D eigenvalue weighted by molar-refractivity contribution is 6.30. The van der Waals surface area contributed by atoms with E-state index in [0.29, 0.717) is 28.3 Å². The Morgan fingerprint density at radius 3 is 2.37 bits per heavy atom. The number of benzene rings is 3. The number of aromatic hydroxyl groups is 1. The van der Waals surface area contributed by atoms with E-state index in [9.17, 15) is 9.90 Å². The highest BCUT2D eigenvalue weighted by Gasteiger charge is 2.22. The average molecular weight is 421 g/mol. The van der Waals surface area contributed by atoms with Crippen LogP contribution in [0.25, 0.3) is 22.1 Å². The molecule has 0 saturated carbocycles. The number of fused-ring (bicyclic) bond motifs is 1. The summed E-state index contributed by atoms with van der Waals surface area (Å²) in [7, 11) is 0. The standard InChI is InChI=1S/C25H21ClO4/c1-15(2)24-21(17-8-10-18(26)11-9-17)22(27)19-12-13-20(23(28)25(19)30-24)29-14-16-6-4-3-5-7-16/h3-13,15,28H,14H2,1-2H3. The topological polar surface area (TPSA) is 59.7 Å². The van der Waals surface area contributed by atoms with Crippen molar-refractivity contribution < 1.29 is 14.3 Å². The van der Waals surface area contributed by atoms with Gasteiger partial charge in [-0.15, -0.1) is 0 Å². The monoisotopic (exact) mass is 420 g/mol. The summed E-state index contributed by atoms with van der Waals surface area (Å²) in [4.78, 5) is 13.3. The summed E-state index contributed by atoms with van der Waals surface area (Å²) in [6.45, 7) is 4.18. The Morgan fingerprint density at radius 1 is 1.00 bits per heavy atom. The predicted molar refractivity (Wildman–Crippen MR) is 119 cm³/mol. The first-order valence-corrected chi connectivity index (χ1v) is 10.1. The minimum Gasteiger partial charge on any atom is -0.502 e. The van der Waals surface area contributed by atoms with Gasteiger partial charge in [-0.05, 0) is 35.4 Å². The molecule has 1 N–H and O–H groups in total. The molecule has 0 unspecified atom stereocenters. The Labute approximate surface area is 179 Å². The second-order valence-electron chi connectivity index (χ2n) is 7.40. The number of rotatable bonds is 5. The van der Waals surface area contributed by atoms with Gasteiger partial charge in [-0.25, -0.2) is 0 Å². The molecule has 0 atom stereocenters. The van der Waals surface area contributed by atoms with Gasteiger partial charge in [-0.3, -0.25) is 4.79 Å². The van der Waals surface area contributed by atoms with Gasteiger partial charge in [-0.2, -0.15) is 0 Å². The molecule has 0 amide bonds. The first kappa shape index (κ1) is 20.0. The zero-order chi connectivity index (χ0) is 21.3. The van der Waals surface area contributed by atoms with E-state index in [4.69, 9.17) is 20.8 Å². The third kappa shape index (κ3) is 3.79. The quantitative estimate of drug-likeness (QED) is 0.399. The number of halogens is 1. The Morgan fingerprint density at radius 2 is 1.70 bits per heavy atom. The number of hydrogen-bond donors (Lipinski definition) is 1. The van der Waals surface area contributed by atoms with Gasteiger partial charge in [0, 0.05) is 10.9 Å². The van der Waals surface area contributed by atoms with Crippen LogP contribution in [0.4, 0.5) is 0 Å². The Hall–Kier alpha value is -3.24. The maximum atomic E-state index is 13.3. The van der Waals surface area contributed by atoms with Gasteiger partial charge in [0.05, 0.1) is 10.9 Å². The Bertz CT molecular complexity index is 1240. The summed E-state index contributed by atoms with van der Waals surface area (Å²) in [6, 6.07) is 19.9. The van der Waals surface area contributed by atoms with Crippen LogP contribution in [-0.4, -0.2) is 5.11 Å². The number of ether oxygens (including phenoxy) is 1. The molecule has 4 rings (SSSR count). The molecule has 4 aromatic rings. The lowest BCUT2D eigenvalue weighted by Gasteiger charge is -2.15. The van der Waals surface area contributed by atoms with Crippen molar-refractivity contribution in [2.45, 2.75) is 26.4 Å². The van der Waals surface area contributed by atoms with Gasteiger partial charge in [0.15, 0.2) is 11.3 Å². The molecule has 3 aromatic carbocycles. The molecule has 30 heavy (non-hydrogen) atoms. The normalized spacial score (nSPS) is 11.2. The van der Waals surface area contributed by atoms with Crippen LogP contribution in [0.1, 0.15) is 31.1 Å². The highest BCUT2D eigenvalue weighted by Crippen LogP contribution is 2.38. The Balaban J connectivity index is 1.83. The average Bonchev–Trinajstić information content (AvgIpc) is 2.75. The second-order valence-corrected chi connectivity index (χ2v) is 7.83. The molecule has 1 aromatic heterocycles. The first-order valence-electron chi connectivity index (χ1n) is 9.71. The molecule has 0 radical (unpaired) electrons. The molecule has 0 aliphatic carbocycles. The molecule has 0 aliphatic heterocycles. The summed E-state index contributed by atoms with van der Waals surface area (Å²) in [5.41, 5.74) is 2.10. The smallest absolute Gasteiger partial charge is 0.202 e. The van der Waals surface area contributed by atoms with E-state index in [1.54, 1.807) is 36.4 Å². The van der Waals surface area contributed by atoms with Crippen molar-refractivity contribution in [2.24, 2.45) is 0 Å². The molecule has 0 aliphatic rings. The van der Waals surface area contributed by atoms with Crippen molar-refractivity contribution in [3.8, 4) is 22.6 Å². The molecule has 0 fully saturated rings. The van der Waals surface area contributed by atoms with Crippen LogP contribution in [-0.2, 0) is 6.61 Å². The van der Waals surface area contributed by atoms with Gasteiger partial charge in [-0.1, -0.05) is 67.9 Å². The van der Waals surface area contributed by atoms with Crippen LogP contribution in [0.2, 0.25) is 5.02 Å². The molecular formula is C25H21ClO4. The molecule has 0 saturated heterocycles. The van der Waals surface area contributed by atoms with Crippen molar-refractivity contribution in [3.05, 3.63) is 93.3 Å². The predicted octanol–water partition coefficient (Wildman–Crippen LogP) is 6.52. The molecule has 1 heterocycles. The van der Waals surface area contributed by atoms with Gasteiger partial charge in [0.25, 0.3) is 0 Å². The van der Waals surface area contributed by atoms with E-state index < -0.39 is 0 Å². The lowest BCUT2D eigenvalue weighted by molar-refractivity contribution is 0.288. The van der Waals surface area contributed by atoms with Gasteiger partial charge in [0.1, 0.15) is 12.4 Å². The zero-order valence-electron chi connectivity index (χ0n) is 16.7. The van der Waals surface area contributed by atoms with E-state index >= 15 is 0 Å². The van der Waals surface area contributed by atoms with Crippen LogP contribution in [0.5, 0.6) is 11.5 Å². The first-order chi connectivity index (χ1) is 14.5. The van der Waals surface area contributed by atoms with Crippen molar-refractivity contribution in [1.29, 1.82) is 0 Å². The fourth-order valence-electron chi connectivity index (χ4n) is 3.39. The van der Waals surface area contributed by atoms with Gasteiger partial charge in [0.2, 0.25) is 11.2 Å². The number of phenolic OH excluding ortho intramolecular Hbond substituents is 1. The number of phenols is 1. The molecule has 4 nitrogen and oxygen atoms in total. The third-order valence-electron chi connectivity index (χ3n) is 4.92. The van der Waals surface area contributed by atoms with Crippen LogP contribution in [0.15, 0.2) is 75.9 Å². The minimum atomic E-state index is -0.202. The van der Waals surface area contributed by atoms with Crippen LogP contribution in [0, 0.1) is 0 Å². The molecule has 152 valence electrons. The second kappa shape index (κ2) is 8.25. The maximum absolute atomic E-state index is 13.3. The molecular weight excluding hydrogens is 400 g/mol. The summed E-state index contributed by atoms with van der Waals surface area (Å²) in [5.74, 6) is 0.528. The summed E-state index contributed by atoms with van der Waals surface area (Å²) in [5, 5.41) is 11.7. The van der Waals surface area contributed by atoms with Crippen molar-refractivity contribution in [2.75, 3.05) is 0 Å². The van der Waals surface area contributed by atoms with Crippen LogP contribution >= 0.6 is 11.6 Å². The Kier molecular flexibility index (Phi) is 5.51.